The van der Waals surface area contributed by atoms with Gasteiger partial charge in [-0.1, -0.05) is 35.9 Å². The molecule has 2 N–H and O–H groups in total. The number of anilines is 1. The number of para-hydroxylation sites is 1. The molecule has 32 heavy (non-hydrogen) atoms. The second-order valence-corrected chi connectivity index (χ2v) is 6.93. The first-order chi connectivity index (χ1) is 15.5. The summed E-state index contributed by atoms with van der Waals surface area (Å²) >= 11 is 6.09. The van der Waals surface area contributed by atoms with Crippen molar-refractivity contribution in [2.75, 3.05) is 19.0 Å². The van der Waals surface area contributed by atoms with Gasteiger partial charge in [-0.3, -0.25) is 9.59 Å². The number of hydrogen-bond acceptors (Lipinski definition) is 5. The molecule has 3 aromatic rings. The number of rotatable bonds is 8. The van der Waals surface area contributed by atoms with Gasteiger partial charge >= 0.3 is 0 Å². The monoisotopic (exact) mass is 451 g/mol. The van der Waals surface area contributed by atoms with E-state index >= 15 is 0 Å². The molecule has 164 valence electrons. The highest BCUT2D eigenvalue weighted by Crippen LogP contribution is 2.27. The van der Waals surface area contributed by atoms with Gasteiger partial charge in [-0.05, 0) is 55.0 Å². The summed E-state index contributed by atoms with van der Waals surface area (Å²) in [5.41, 5.74) is 4.10. The molecule has 0 bridgehead atoms. The van der Waals surface area contributed by atoms with Crippen molar-refractivity contribution >= 4 is 35.3 Å². The van der Waals surface area contributed by atoms with Crippen LogP contribution in [0.3, 0.4) is 0 Å². The second kappa shape index (κ2) is 11.0. The molecular formula is C24H22ClN3O4. The standard InChI is InChI=1S/C24H22ClN3O4/c1-3-32-21-13-12-16(14-22(21)31-2)15-26-28-24(30)18-9-5-7-11-20(18)27-23(29)17-8-4-6-10-19(17)25/h4-15H,3H2,1-2H3,(H,27,29)(H,28,30)/b26-15-. The Morgan fingerprint density at radius 3 is 2.41 bits per heavy atom. The molecule has 7 nitrogen and oxygen atoms in total. The fourth-order valence-electron chi connectivity index (χ4n) is 2.89. The first kappa shape index (κ1) is 22.8. The summed E-state index contributed by atoms with van der Waals surface area (Å²) in [5.74, 6) is 0.296. The highest BCUT2D eigenvalue weighted by Gasteiger charge is 2.15. The van der Waals surface area contributed by atoms with E-state index in [9.17, 15) is 9.59 Å². The lowest BCUT2D eigenvalue weighted by Crippen LogP contribution is -2.21. The van der Waals surface area contributed by atoms with Crippen LogP contribution in [-0.4, -0.2) is 31.7 Å². The first-order valence-corrected chi connectivity index (χ1v) is 10.2. The summed E-state index contributed by atoms with van der Waals surface area (Å²) in [5, 5.41) is 7.05. The highest BCUT2D eigenvalue weighted by atomic mass is 35.5. The van der Waals surface area contributed by atoms with Crippen LogP contribution in [0, 0.1) is 0 Å². The Morgan fingerprint density at radius 2 is 1.69 bits per heavy atom. The van der Waals surface area contributed by atoms with Crippen LogP contribution in [0.2, 0.25) is 5.02 Å². The third kappa shape index (κ3) is 5.65. The third-order valence-corrected chi connectivity index (χ3v) is 4.74. The van der Waals surface area contributed by atoms with Crippen LogP contribution in [0.5, 0.6) is 11.5 Å². The van der Waals surface area contributed by atoms with Crippen molar-refractivity contribution in [3.05, 3.63) is 88.4 Å². The van der Waals surface area contributed by atoms with Gasteiger partial charge < -0.3 is 14.8 Å². The van der Waals surface area contributed by atoms with E-state index in [1.54, 1.807) is 73.8 Å². The topological polar surface area (TPSA) is 89.0 Å². The maximum Gasteiger partial charge on any atom is 0.273 e. The SMILES string of the molecule is CCOc1ccc(/C=N\NC(=O)c2ccccc2NC(=O)c2ccccc2Cl)cc1OC. The Kier molecular flexibility index (Phi) is 7.83. The van der Waals surface area contributed by atoms with E-state index in [0.717, 1.165) is 0 Å². The van der Waals surface area contributed by atoms with E-state index < -0.39 is 11.8 Å². The molecule has 0 aromatic heterocycles. The van der Waals surface area contributed by atoms with Gasteiger partial charge in [0.25, 0.3) is 11.8 Å². The zero-order valence-corrected chi connectivity index (χ0v) is 18.3. The lowest BCUT2D eigenvalue weighted by atomic mass is 10.1. The minimum atomic E-state index is -0.478. The Morgan fingerprint density at radius 1 is 0.969 bits per heavy atom. The normalized spacial score (nSPS) is 10.6. The summed E-state index contributed by atoms with van der Waals surface area (Å²) in [6, 6.07) is 18.6. The van der Waals surface area contributed by atoms with Crippen molar-refractivity contribution < 1.29 is 19.1 Å². The van der Waals surface area contributed by atoms with Crippen molar-refractivity contribution in [2.45, 2.75) is 6.92 Å². The molecule has 0 heterocycles. The molecule has 8 heteroatoms. The molecule has 0 aliphatic rings. The molecule has 0 atom stereocenters. The van der Waals surface area contributed by atoms with Crippen LogP contribution >= 0.6 is 11.6 Å². The van der Waals surface area contributed by atoms with E-state index in [-0.39, 0.29) is 5.56 Å². The summed E-state index contributed by atoms with van der Waals surface area (Å²) in [7, 11) is 1.55. The van der Waals surface area contributed by atoms with Gasteiger partial charge in [0.05, 0.1) is 41.8 Å². The summed E-state index contributed by atoms with van der Waals surface area (Å²) in [4.78, 5) is 25.2. The molecule has 3 aromatic carbocycles. The first-order valence-electron chi connectivity index (χ1n) is 9.82. The molecule has 0 radical (unpaired) electrons. The number of nitrogens with one attached hydrogen (secondary N) is 2. The Labute approximate surface area is 191 Å². The molecule has 0 unspecified atom stereocenters. The second-order valence-electron chi connectivity index (χ2n) is 6.52. The number of halogens is 1. The van der Waals surface area contributed by atoms with Gasteiger partial charge in [0.15, 0.2) is 11.5 Å². The molecule has 0 fully saturated rings. The molecule has 0 aliphatic carbocycles. The lowest BCUT2D eigenvalue weighted by molar-refractivity contribution is 0.0956. The zero-order chi connectivity index (χ0) is 22.9. The van der Waals surface area contributed by atoms with Gasteiger partial charge in [0.2, 0.25) is 0 Å². The van der Waals surface area contributed by atoms with Gasteiger partial charge in [0, 0.05) is 0 Å². The number of benzene rings is 3. The Bertz CT molecular complexity index is 1150. The predicted octanol–water partition coefficient (Wildman–Crippen LogP) is 4.76. The van der Waals surface area contributed by atoms with Crippen molar-refractivity contribution in [3.63, 3.8) is 0 Å². The molecule has 0 aliphatic heterocycles. The van der Waals surface area contributed by atoms with E-state index in [1.165, 1.54) is 6.21 Å². The quantitative estimate of drug-likeness (QED) is 0.381. The summed E-state index contributed by atoms with van der Waals surface area (Å²) in [6.07, 6.45) is 1.49. The van der Waals surface area contributed by atoms with Gasteiger partial charge in [-0.15, -0.1) is 0 Å². The minimum absolute atomic E-state index is 0.259. The van der Waals surface area contributed by atoms with E-state index in [0.29, 0.717) is 39.9 Å². The molecule has 0 saturated heterocycles. The maximum absolute atomic E-state index is 12.7. The number of carbonyl (C=O) groups is 2. The fraction of sp³-hybridized carbons (Fsp3) is 0.125. The molecule has 2 amide bonds. The number of hydrogen-bond donors (Lipinski definition) is 2. The molecular weight excluding hydrogens is 430 g/mol. The molecule has 0 spiro atoms. The van der Waals surface area contributed by atoms with Crippen LogP contribution in [0.4, 0.5) is 5.69 Å². The smallest absolute Gasteiger partial charge is 0.273 e. The van der Waals surface area contributed by atoms with E-state index in [4.69, 9.17) is 21.1 Å². The largest absolute Gasteiger partial charge is 0.493 e. The molecule has 0 saturated carbocycles. The van der Waals surface area contributed by atoms with Gasteiger partial charge in [-0.25, -0.2) is 5.43 Å². The van der Waals surface area contributed by atoms with Crippen molar-refractivity contribution in [3.8, 4) is 11.5 Å². The number of amides is 2. The number of hydrazone groups is 1. The minimum Gasteiger partial charge on any atom is -0.493 e. The van der Waals surface area contributed by atoms with Crippen LogP contribution in [0.1, 0.15) is 33.2 Å². The zero-order valence-electron chi connectivity index (χ0n) is 17.6. The number of methoxy groups -OCH3 is 1. The summed E-state index contributed by atoms with van der Waals surface area (Å²) < 4.78 is 10.8. The van der Waals surface area contributed by atoms with Crippen molar-refractivity contribution in [1.29, 1.82) is 0 Å². The summed E-state index contributed by atoms with van der Waals surface area (Å²) in [6.45, 7) is 2.41. The van der Waals surface area contributed by atoms with Crippen molar-refractivity contribution in [2.24, 2.45) is 5.10 Å². The lowest BCUT2D eigenvalue weighted by Gasteiger charge is -2.11. The van der Waals surface area contributed by atoms with Crippen LogP contribution in [0.15, 0.2) is 71.8 Å². The Balaban J connectivity index is 1.71. The van der Waals surface area contributed by atoms with Crippen molar-refractivity contribution in [1.82, 2.24) is 5.43 Å². The van der Waals surface area contributed by atoms with Gasteiger partial charge in [0.1, 0.15) is 0 Å². The number of carbonyl (C=O) groups excluding carboxylic acids is 2. The van der Waals surface area contributed by atoms with Crippen LogP contribution < -0.4 is 20.2 Å². The van der Waals surface area contributed by atoms with Gasteiger partial charge in [-0.2, -0.15) is 5.10 Å². The average Bonchev–Trinajstić information content (AvgIpc) is 2.80. The molecule has 3 rings (SSSR count). The Hall–Kier alpha value is -3.84. The predicted molar refractivity (Wildman–Crippen MR) is 125 cm³/mol. The fourth-order valence-corrected chi connectivity index (χ4v) is 3.11. The number of nitrogens with zero attached hydrogens (tertiary/aromatic N) is 1. The maximum atomic E-state index is 12.7. The average molecular weight is 452 g/mol. The van der Waals surface area contributed by atoms with Crippen LogP contribution in [-0.2, 0) is 0 Å². The van der Waals surface area contributed by atoms with E-state index in [1.807, 2.05) is 6.92 Å². The third-order valence-electron chi connectivity index (χ3n) is 4.41. The van der Waals surface area contributed by atoms with Crippen LogP contribution in [0.25, 0.3) is 0 Å². The highest BCUT2D eigenvalue weighted by molar-refractivity contribution is 6.34. The van der Waals surface area contributed by atoms with E-state index in [2.05, 4.69) is 15.8 Å². The number of ether oxygens (including phenoxy) is 2.